The first-order valence-electron chi connectivity index (χ1n) is 7.76. The maximum Gasteiger partial charge on any atom is 0.258 e. The normalized spacial score (nSPS) is 13.7. The van der Waals surface area contributed by atoms with E-state index in [1.165, 1.54) is 12.1 Å². The fourth-order valence-electron chi connectivity index (χ4n) is 2.55. The summed E-state index contributed by atoms with van der Waals surface area (Å²) >= 11 is 5.84. The van der Waals surface area contributed by atoms with Crippen LogP contribution in [-0.4, -0.2) is 26.1 Å². The van der Waals surface area contributed by atoms with Crippen LogP contribution in [0.4, 0.5) is 10.1 Å². The van der Waals surface area contributed by atoms with E-state index in [4.69, 9.17) is 11.6 Å². The quantitative estimate of drug-likeness (QED) is 0.772. The minimum atomic E-state index is -0.629. The van der Waals surface area contributed by atoms with Crippen LogP contribution in [0.1, 0.15) is 29.2 Å². The van der Waals surface area contributed by atoms with Crippen molar-refractivity contribution >= 4 is 23.2 Å². The number of aromatic nitrogens is 4. The Morgan fingerprint density at radius 3 is 2.88 bits per heavy atom. The molecule has 0 spiro atoms. The van der Waals surface area contributed by atoms with Crippen molar-refractivity contribution in [3.05, 3.63) is 58.9 Å². The van der Waals surface area contributed by atoms with Gasteiger partial charge in [-0.05, 0) is 53.6 Å². The highest BCUT2D eigenvalue weighted by Crippen LogP contribution is 2.36. The van der Waals surface area contributed by atoms with Crippen LogP contribution in [0.15, 0.2) is 42.5 Å². The minimum absolute atomic E-state index is 0.110. The number of nitrogens with one attached hydrogen (secondary N) is 1. The molecule has 1 fully saturated rings. The van der Waals surface area contributed by atoms with Gasteiger partial charge in [-0.15, -0.1) is 5.10 Å². The van der Waals surface area contributed by atoms with Crippen molar-refractivity contribution in [1.82, 2.24) is 20.2 Å². The summed E-state index contributed by atoms with van der Waals surface area (Å²) in [6.45, 7) is 0. The Hall–Kier alpha value is -2.80. The molecule has 25 heavy (non-hydrogen) atoms. The van der Waals surface area contributed by atoms with Crippen molar-refractivity contribution < 1.29 is 9.18 Å². The van der Waals surface area contributed by atoms with E-state index in [1.54, 1.807) is 22.9 Å². The summed E-state index contributed by atoms with van der Waals surface area (Å²) in [5.41, 5.74) is 1.19. The molecule has 0 bridgehead atoms. The molecule has 1 aromatic heterocycles. The number of anilines is 1. The number of hydrogen-bond acceptors (Lipinski definition) is 4. The van der Waals surface area contributed by atoms with Crippen molar-refractivity contribution in [2.45, 2.75) is 18.9 Å². The van der Waals surface area contributed by atoms with E-state index in [0.717, 1.165) is 24.5 Å². The van der Waals surface area contributed by atoms with E-state index in [1.807, 2.05) is 6.07 Å². The standard InChI is InChI=1S/C17H13ClFN5O/c18-11-4-7-15(19)14(9-11)17(25)20-12-3-1-2-10(8-12)16-21-22-23-24(16)13-5-6-13/h1-4,7-9,13H,5-6H2,(H,20,25). The van der Waals surface area contributed by atoms with Crippen molar-refractivity contribution in [3.8, 4) is 11.4 Å². The second-order valence-corrected chi connectivity index (χ2v) is 6.27. The Kier molecular flexibility index (Phi) is 3.93. The third-order valence-electron chi connectivity index (χ3n) is 3.94. The molecule has 2 aromatic carbocycles. The van der Waals surface area contributed by atoms with Gasteiger partial charge < -0.3 is 5.32 Å². The highest BCUT2D eigenvalue weighted by Gasteiger charge is 2.28. The lowest BCUT2D eigenvalue weighted by molar-refractivity contribution is 0.102. The van der Waals surface area contributed by atoms with Crippen LogP contribution in [0.3, 0.4) is 0 Å². The van der Waals surface area contributed by atoms with Gasteiger partial charge in [0.15, 0.2) is 5.82 Å². The number of benzene rings is 2. The van der Waals surface area contributed by atoms with Gasteiger partial charge in [-0.3, -0.25) is 4.79 Å². The van der Waals surface area contributed by atoms with Crippen molar-refractivity contribution in [1.29, 1.82) is 0 Å². The Balaban J connectivity index is 1.60. The molecular formula is C17H13ClFN5O. The predicted molar refractivity (Wildman–Crippen MR) is 90.9 cm³/mol. The first-order valence-corrected chi connectivity index (χ1v) is 8.14. The largest absolute Gasteiger partial charge is 0.322 e. The second-order valence-electron chi connectivity index (χ2n) is 5.84. The molecule has 4 rings (SSSR count). The molecule has 1 saturated carbocycles. The molecule has 8 heteroatoms. The van der Waals surface area contributed by atoms with E-state index in [0.29, 0.717) is 22.6 Å². The number of hydrogen-bond donors (Lipinski definition) is 1. The zero-order valence-corrected chi connectivity index (χ0v) is 13.7. The molecule has 1 amide bonds. The van der Waals surface area contributed by atoms with Gasteiger partial charge in [0.25, 0.3) is 5.91 Å². The van der Waals surface area contributed by atoms with Crippen molar-refractivity contribution in [3.63, 3.8) is 0 Å². The third-order valence-corrected chi connectivity index (χ3v) is 4.17. The fraction of sp³-hybridized carbons (Fsp3) is 0.176. The van der Waals surface area contributed by atoms with Crippen LogP contribution in [0.25, 0.3) is 11.4 Å². The van der Waals surface area contributed by atoms with Crippen LogP contribution in [0.5, 0.6) is 0 Å². The number of carbonyl (C=O) groups excluding carboxylic acids is 1. The van der Waals surface area contributed by atoms with Gasteiger partial charge in [0.2, 0.25) is 0 Å². The highest BCUT2D eigenvalue weighted by atomic mass is 35.5. The summed E-state index contributed by atoms with van der Waals surface area (Å²) < 4.78 is 15.6. The number of amides is 1. The fourth-order valence-corrected chi connectivity index (χ4v) is 2.73. The molecule has 126 valence electrons. The second kappa shape index (κ2) is 6.25. The number of tetrazole rings is 1. The summed E-state index contributed by atoms with van der Waals surface area (Å²) in [7, 11) is 0. The van der Waals surface area contributed by atoms with Gasteiger partial charge in [-0.1, -0.05) is 23.7 Å². The Bertz CT molecular complexity index is 954. The lowest BCUT2D eigenvalue weighted by Crippen LogP contribution is -2.13. The van der Waals surface area contributed by atoms with E-state index in [2.05, 4.69) is 20.8 Å². The van der Waals surface area contributed by atoms with E-state index >= 15 is 0 Å². The van der Waals surface area contributed by atoms with Gasteiger partial charge >= 0.3 is 0 Å². The van der Waals surface area contributed by atoms with Crippen LogP contribution in [0.2, 0.25) is 5.02 Å². The summed E-state index contributed by atoms with van der Waals surface area (Å²) in [6, 6.07) is 11.3. The van der Waals surface area contributed by atoms with Gasteiger partial charge in [-0.2, -0.15) is 0 Å². The van der Waals surface area contributed by atoms with Gasteiger partial charge in [0.05, 0.1) is 11.6 Å². The van der Waals surface area contributed by atoms with Crippen LogP contribution in [0, 0.1) is 5.82 Å². The summed E-state index contributed by atoms with van der Waals surface area (Å²) in [6.07, 6.45) is 2.12. The molecule has 1 heterocycles. The number of carbonyl (C=O) groups is 1. The van der Waals surface area contributed by atoms with Gasteiger partial charge in [0, 0.05) is 16.3 Å². The third kappa shape index (κ3) is 3.23. The topological polar surface area (TPSA) is 72.7 Å². The van der Waals surface area contributed by atoms with E-state index in [-0.39, 0.29) is 5.56 Å². The number of rotatable bonds is 4. The Morgan fingerprint density at radius 1 is 1.24 bits per heavy atom. The lowest BCUT2D eigenvalue weighted by Gasteiger charge is -2.08. The molecular weight excluding hydrogens is 345 g/mol. The molecule has 1 N–H and O–H groups in total. The van der Waals surface area contributed by atoms with Crippen molar-refractivity contribution in [2.24, 2.45) is 0 Å². The zero-order chi connectivity index (χ0) is 17.4. The molecule has 0 radical (unpaired) electrons. The molecule has 0 aliphatic heterocycles. The smallest absolute Gasteiger partial charge is 0.258 e. The van der Waals surface area contributed by atoms with Gasteiger partial charge in [-0.25, -0.2) is 9.07 Å². The minimum Gasteiger partial charge on any atom is -0.322 e. The first-order chi connectivity index (χ1) is 12.1. The summed E-state index contributed by atoms with van der Waals surface area (Å²) in [5, 5.41) is 14.8. The predicted octanol–water partition coefficient (Wildman–Crippen LogP) is 3.72. The molecule has 1 aliphatic rings. The summed E-state index contributed by atoms with van der Waals surface area (Å²) in [4.78, 5) is 12.3. The SMILES string of the molecule is O=C(Nc1cccc(-c2nnnn2C2CC2)c1)c1cc(Cl)ccc1F. The monoisotopic (exact) mass is 357 g/mol. The maximum absolute atomic E-state index is 13.8. The lowest BCUT2D eigenvalue weighted by atomic mass is 10.1. The average molecular weight is 358 g/mol. The number of halogens is 2. The number of nitrogens with zero attached hydrogens (tertiary/aromatic N) is 4. The molecule has 6 nitrogen and oxygen atoms in total. The van der Waals surface area contributed by atoms with Crippen LogP contribution >= 0.6 is 11.6 Å². The van der Waals surface area contributed by atoms with Crippen LogP contribution in [-0.2, 0) is 0 Å². The Labute approximate surface area is 147 Å². The molecule has 0 atom stereocenters. The van der Waals surface area contributed by atoms with E-state index in [9.17, 15) is 9.18 Å². The zero-order valence-electron chi connectivity index (χ0n) is 13.0. The highest BCUT2D eigenvalue weighted by molar-refractivity contribution is 6.31. The first kappa shape index (κ1) is 15.7. The maximum atomic E-state index is 13.8. The molecule has 1 aliphatic carbocycles. The molecule has 0 unspecified atom stereocenters. The van der Waals surface area contributed by atoms with Gasteiger partial charge in [0.1, 0.15) is 5.82 Å². The average Bonchev–Trinajstić information content (AvgIpc) is 3.34. The molecule has 3 aromatic rings. The van der Waals surface area contributed by atoms with Crippen molar-refractivity contribution in [2.75, 3.05) is 5.32 Å². The summed E-state index contributed by atoms with van der Waals surface area (Å²) in [5.74, 6) is -0.554. The molecule has 0 saturated heterocycles. The van der Waals surface area contributed by atoms with Crippen LogP contribution < -0.4 is 5.32 Å². The Morgan fingerprint density at radius 2 is 2.08 bits per heavy atom. The van der Waals surface area contributed by atoms with E-state index < -0.39 is 11.7 Å².